The van der Waals surface area contributed by atoms with E-state index in [-0.39, 0.29) is 18.2 Å². The Morgan fingerprint density at radius 3 is 2.92 bits per heavy atom. The number of hydrogen-bond acceptors (Lipinski definition) is 3. The van der Waals surface area contributed by atoms with E-state index in [2.05, 4.69) is 5.32 Å². The van der Waals surface area contributed by atoms with Crippen LogP contribution in [0.3, 0.4) is 0 Å². The molecule has 0 fully saturated rings. The van der Waals surface area contributed by atoms with Crippen molar-refractivity contribution in [2.24, 2.45) is 0 Å². The highest BCUT2D eigenvalue weighted by Gasteiger charge is 2.06. The molecule has 12 heavy (non-hydrogen) atoms. The summed E-state index contributed by atoms with van der Waals surface area (Å²) in [6, 6.07) is 3.39. The lowest BCUT2D eigenvalue weighted by atomic mass is 10.2. The molecule has 4 heteroatoms. The Morgan fingerprint density at radius 1 is 1.67 bits per heavy atom. The molecule has 0 aliphatic carbocycles. The molecular weight excluding hydrogens is 178 g/mol. The highest BCUT2D eigenvalue weighted by Crippen LogP contribution is 2.02. The summed E-state index contributed by atoms with van der Waals surface area (Å²) in [5.41, 5.74) is 0. The Morgan fingerprint density at radius 2 is 2.42 bits per heavy atom. The standard InChI is InChI=1S/C8H11NO2.ClH/c1-9-5-4-7(10)8-3-2-6-11-8;/h2-3,6,9H,4-5H2,1H3;1H. The topological polar surface area (TPSA) is 42.2 Å². The molecular formula is C8H12ClNO2. The number of ketones is 1. The molecule has 1 aromatic heterocycles. The lowest BCUT2D eigenvalue weighted by Gasteiger charge is -1.94. The number of carbonyl (C=O) groups is 1. The summed E-state index contributed by atoms with van der Waals surface area (Å²) in [6.45, 7) is 0.694. The van der Waals surface area contributed by atoms with E-state index >= 15 is 0 Å². The summed E-state index contributed by atoms with van der Waals surface area (Å²) in [5, 5.41) is 2.90. The monoisotopic (exact) mass is 189 g/mol. The fourth-order valence-corrected chi connectivity index (χ4v) is 0.799. The van der Waals surface area contributed by atoms with Gasteiger partial charge in [-0.05, 0) is 19.2 Å². The number of nitrogens with one attached hydrogen (secondary N) is 1. The zero-order valence-corrected chi connectivity index (χ0v) is 7.69. The third-order valence-corrected chi connectivity index (χ3v) is 1.40. The Labute approximate surface area is 77.5 Å². The molecule has 0 aliphatic rings. The highest BCUT2D eigenvalue weighted by atomic mass is 35.5. The van der Waals surface area contributed by atoms with Gasteiger partial charge in [0.25, 0.3) is 0 Å². The molecule has 1 heterocycles. The molecule has 0 bridgehead atoms. The smallest absolute Gasteiger partial charge is 0.199 e. The van der Waals surface area contributed by atoms with Crippen molar-refractivity contribution in [3.63, 3.8) is 0 Å². The van der Waals surface area contributed by atoms with Gasteiger partial charge in [-0.2, -0.15) is 0 Å². The Hall–Kier alpha value is -0.800. The Balaban J connectivity index is 0.00000121. The van der Waals surface area contributed by atoms with E-state index in [0.29, 0.717) is 18.7 Å². The van der Waals surface area contributed by atoms with Crippen molar-refractivity contribution in [1.82, 2.24) is 5.32 Å². The maximum absolute atomic E-state index is 11.1. The van der Waals surface area contributed by atoms with E-state index in [1.54, 1.807) is 12.1 Å². The molecule has 1 aromatic rings. The second-order valence-electron chi connectivity index (χ2n) is 2.25. The number of halogens is 1. The zero-order valence-electron chi connectivity index (χ0n) is 6.87. The van der Waals surface area contributed by atoms with Gasteiger partial charge in [-0.25, -0.2) is 0 Å². The molecule has 0 aromatic carbocycles. The third-order valence-electron chi connectivity index (χ3n) is 1.40. The van der Waals surface area contributed by atoms with Gasteiger partial charge in [-0.3, -0.25) is 4.79 Å². The van der Waals surface area contributed by atoms with Gasteiger partial charge in [0.15, 0.2) is 11.5 Å². The zero-order chi connectivity index (χ0) is 8.10. The average molecular weight is 190 g/mol. The minimum atomic E-state index is 0. The minimum absolute atomic E-state index is 0. The number of furan rings is 1. The first-order chi connectivity index (χ1) is 5.34. The van der Waals surface area contributed by atoms with E-state index in [0.717, 1.165) is 0 Å². The van der Waals surface area contributed by atoms with Crippen molar-refractivity contribution < 1.29 is 9.21 Å². The number of rotatable bonds is 4. The maximum atomic E-state index is 11.1. The van der Waals surface area contributed by atoms with Gasteiger partial charge in [0, 0.05) is 13.0 Å². The predicted octanol–water partition coefficient (Wildman–Crippen LogP) is 1.49. The van der Waals surface area contributed by atoms with E-state index in [9.17, 15) is 4.79 Å². The minimum Gasteiger partial charge on any atom is -0.461 e. The quantitative estimate of drug-likeness (QED) is 0.730. The normalized spacial score (nSPS) is 9.08. The molecule has 0 spiro atoms. The molecule has 3 nitrogen and oxygen atoms in total. The molecule has 0 unspecified atom stereocenters. The number of hydrogen-bond donors (Lipinski definition) is 1. The van der Waals surface area contributed by atoms with Crippen LogP contribution in [-0.2, 0) is 0 Å². The number of Topliss-reactive ketones (excluding diaryl/α,β-unsaturated/α-hetero) is 1. The molecule has 0 saturated carbocycles. The van der Waals surface area contributed by atoms with Gasteiger partial charge in [0.1, 0.15) is 0 Å². The van der Waals surface area contributed by atoms with Gasteiger partial charge < -0.3 is 9.73 Å². The molecule has 0 atom stereocenters. The SMILES string of the molecule is CNCCC(=O)c1ccco1.Cl. The van der Waals surface area contributed by atoms with Crippen molar-refractivity contribution in [2.75, 3.05) is 13.6 Å². The summed E-state index contributed by atoms with van der Waals surface area (Å²) in [5.74, 6) is 0.490. The molecule has 0 amide bonds. The molecule has 1 N–H and O–H groups in total. The van der Waals surface area contributed by atoms with Crippen LogP contribution in [0.5, 0.6) is 0 Å². The first kappa shape index (κ1) is 11.2. The van der Waals surface area contributed by atoms with Crippen LogP contribution < -0.4 is 5.32 Å². The first-order valence-electron chi connectivity index (χ1n) is 3.56. The molecule has 0 saturated heterocycles. The van der Waals surface area contributed by atoms with E-state index in [1.165, 1.54) is 6.26 Å². The highest BCUT2D eigenvalue weighted by molar-refractivity contribution is 5.93. The van der Waals surface area contributed by atoms with Crippen molar-refractivity contribution in [3.05, 3.63) is 24.2 Å². The van der Waals surface area contributed by atoms with Crippen LogP contribution in [0.15, 0.2) is 22.8 Å². The van der Waals surface area contributed by atoms with Gasteiger partial charge >= 0.3 is 0 Å². The summed E-state index contributed by atoms with van der Waals surface area (Å²) in [6.07, 6.45) is 2.00. The van der Waals surface area contributed by atoms with Crippen LogP contribution >= 0.6 is 12.4 Å². The van der Waals surface area contributed by atoms with E-state index in [1.807, 2.05) is 7.05 Å². The van der Waals surface area contributed by atoms with Gasteiger partial charge in [0.05, 0.1) is 6.26 Å². The van der Waals surface area contributed by atoms with Gasteiger partial charge in [-0.1, -0.05) is 0 Å². The van der Waals surface area contributed by atoms with Crippen LogP contribution in [0.1, 0.15) is 17.0 Å². The molecule has 68 valence electrons. The van der Waals surface area contributed by atoms with Crippen LogP contribution in [0.4, 0.5) is 0 Å². The second kappa shape index (κ2) is 5.80. The van der Waals surface area contributed by atoms with Crippen LogP contribution in [0.25, 0.3) is 0 Å². The van der Waals surface area contributed by atoms with Crippen LogP contribution in [0.2, 0.25) is 0 Å². The Bertz CT molecular complexity index is 221. The maximum Gasteiger partial charge on any atom is 0.199 e. The third kappa shape index (κ3) is 3.07. The summed E-state index contributed by atoms with van der Waals surface area (Å²) in [4.78, 5) is 11.1. The van der Waals surface area contributed by atoms with Crippen LogP contribution in [0, 0.1) is 0 Å². The lowest BCUT2D eigenvalue weighted by Crippen LogP contribution is -2.12. The fraction of sp³-hybridized carbons (Fsp3) is 0.375. The first-order valence-corrected chi connectivity index (χ1v) is 3.56. The van der Waals surface area contributed by atoms with Crippen molar-refractivity contribution in [3.8, 4) is 0 Å². The van der Waals surface area contributed by atoms with Crippen molar-refractivity contribution in [1.29, 1.82) is 0 Å². The largest absolute Gasteiger partial charge is 0.461 e. The number of carbonyl (C=O) groups excluding carboxylic acids is 1. The van der Waals surface area contributed by atoms with Gasteiger partial charge in [-0.15, -0.1) is 12.4 Å². The Kier molecular flexibility index (Phi) is 5.41. The van der Waals surface area contributed by atoms with Crippen LogP contribution in [-0.4, -0.2) is 19.4 Å². The molecule has 0 radical (unpaired) electrons. The predicted molar refractivity (Wildman–Crippen MR) is 48.8 cm³/mol. The summed E-state index contributed by atoms with van der Waals surface area (Å²) in [7, 11) is 1.81. The summed E-state index contributed by atoms with van der Waals surface area (Å²) >= 11 is 0. The van der Waals surface area contributed by atoms with Crippen molar-refractivity contribution in [2.45, 2.75) is 6.42 Å². The van der Waals surface area contributed by atoms with Gasteiger partial charge in [0.2, 0.25) is 0 Å². The lowest BCUT2D eigenvalue weighted by molar-refractivity contribution is 0.0956. The summed E-state index contributed by atoms with van der Waals surface area (Å²) < 4.78 is 4.92. The average Bonchev–Trinajstić information content (AvgIpc) is 2.52. The van der Waals surface area contributed by atoms with Crippen molar-refractivity contribution >= 4 is 18.2 Å². The second-order valence-corrected chi connectivity index (χ2v) is 2.25. The fourth-order valence-electron chi connectivity index (χ4n) is 0.799. The van der Waals surface area contributed by atoms with E-state index < -0.39 is 0 Å². The van der Waals surface area contributed by atoms with E-state index in [4.69, 9.17) is 4.42 Å². The molecule has 1 rings (SSSR count). The molecule has 0 aliphatic heterocycles.